The fourth-order valence-electron chi connectivity index (χ4n) is 1.86. The first-order valence-electron chi connectivity index (χ1n) is 7.61. The largest absolute Gasteiger partial charge is 0.598 e. The number of ether oxygens (including phenoxy) is 1. The molecular formula is C16H25FN2O4S. The zero-order valence-corrected chi connectivity index (χ0v) is 15.4. The molecule has 0 radical (unpaired) electrons. The van der Waals surface area contributed by atoms with Gasteiger partial charge in [-0.1, -0.05) is 0 Å². The smallest absolute Gasteiger partial charge is 0.404 e. The number of hydrogen-bond acceptors (Lipinski definition) is 4. The third-order valence-corrected chi connectivity index (χ3v) is 4.83. The molecule has 24 heavy (non-hydrogen) atoms. The molecule has 0 aliphatic carbocycles. The fourth-order valence-corrected chi connectivity index (χ4v) is 2.66. The van der Waals surface area contributed by atoms with Crippen molar-refractivity contribution in [3.05, 3.63) is 29.6 Å². The Labute approximate surface area is 145 Å². The summed E-state index contributed by atoms with van der Waals surface area (Å²) in [4.78, 5) is 10.5. The van der Waals surface area contributed by atoms with E-state index in [4.69, 9.17) is 9.84 Å². The van der Waals surface area contributed by atoms with Gasteiger partial charge in [0, 0.05) is 16.9 Å². The summed E-state index contributed by atoms with van der Waals surface area (Å²) in [6, 6.07) is 3.67. The number of carbonyl (C=O) groups is 1. The normalized spacial score (nSPS) is 15.5. The van der Waals surface area contributed by atoms with E-state index in [0.29, 0.717) is 11.3 Å². The molecule has 6 nitrogen and oxygen atoms in total. The predicted molar refractivity (Wildman–Crippen MR) is 92.0 cm³/mol. The second kappa shape index (κ2) is 8.55. The molecule has 0 aromatic heterocycles. The van der Waals surface area contributed by atoms with Crippen molar-refractivity contribution in [2.24, 2.45) is 0 Å². The van der Waals surface area contributed by atoms with Crippen LogP contribution in [0, 0.1) is 5.82 Å². The first-order chi connectivity index (χ1) is 11.0. The van der Waals surface area contributed by atoms with E-state index in [1.807, 2.05) is 20.8 Å². The zero-order valence-electron chi connectivity index (χ0n) is 14.6. The lowest BCUT2D eigenvalue weighted by Gasteiger charge is -2.27. The van der Waals surface area contributed by atoms with Crippen LogP contribution in [-0.2, 0) is 11.4 Å². The lowest BCUT2D eigenvalue weighted by Crippen LogP contribution is -2.40. The fraction of sp³-hybridized carbons (Fsp3) is 0.562. The summed E-state index contributed by atoms with van der Waals surface area (Å²) < 4.78 is 34.0. The SMILES string of the molecule is CC(CNC(=O)O)Oc1ccc(F)cc1C(C)N[S@@+]([O-])C(C)(C)C. The molecule has 0 aliphatic heterocycles. The van der Waals surface area contributed by atoms with Crippen molar-refractivity contribution >= 4 is 17.5 Å². The molecule has 0 fully saturated rings. The van der Waals surface area contributed by atoms with Crippen LogP contribution >= 0.6 is 0 Å². The molecule has 3 N–H and O–H groups in total. The molecule has 0 heterocycles. The van der Waals surface area contributed by atoms with Gasteiger partial charge in [0.25, 0.3) is 0 Å². The Balaban J connectivity index is 2.89. The minimum Gasteiger partial charge on any atom is -0.598 e. The molecule has 1 amide bonds. The number of benzene rings is 1. The van der Waals surface area contributed by atoms with Crippen LogP contribution < -0.4 is 14.8 Å². The van der Waals surface area contributed by atoms with Crippen molar-refractivity contribution in [3.63, 3.8) is 0 Å². The van der Waals surface area contributed by atoms with Crippen molar-refractivity contribution < 1.29 is 23.6 Å². The van der Waals surface area contributed by atoms with Crippen LogP contribution in [0.5, 0.6) is 5.75 Å². The monoisotopic (exact) mass is 360 g/mol. The van der Waals surface area contributed by atoms with E-state index in [0.717, 1.165) is 0 Å². The van der Waals surface area contributed by atoms with Crippen LogP contribution in [0.2, 0.25) is 0 Å². The van der Waals surface area contributed by atoms with E-state index < -0.39 is 40.2 Å². The minimum absolute atomic E-state index is 0.0991. The third-order valence-electron chi connectivity index (χ3n) is 3.15. The summed E-state index contributed by atoms with van der Waals surface area (Å²) in [5.41, 5.74) is 0.523. The van der Waals surface area contributed by atoms with Crippen molar-refractivity contribution in [1.29, 1.82) is 0 Å². The predicted octanol–water partition coefficient (Wildman–Crippen LogP) is 2.97. The van der Waals surface area contributed by atoms with Crippen molar-refractivity contribution in [2.75, 3.05) is 6.54 Å². The Morgan fingerprint density at radius 2 is 2.04 bits per heavy atom. The molecule has 0 saturated carbocycles. The van der Waals surface area contributed by atoms with Gasteiger partial charge in [-0.3, -0.25) is 0 Å². The van der Waals surface area contributed by atoms with Crippen LogP contribution in [0.1, 0.15) is 46.2 Å². The molecule has 3 atom stereocenters. The number of halogens is 1. The second-order valence-electron chi connectivity index (χ2n) is 6.52. The van der Waals surface area contributed by atoms with Gasteiger partial charge in [0.05, 0.1) is 12.6 Å². The summed E-state index contributed by atoms with van der Waals surface area (Å²) in [5.74, 6) is -0.00847. The summed E-state index contributed by atoms with van der Waals surface area (Å²) in [7, 11) is 0. The molecule has 0 aliphatic rings. The van der Waals surface area contributed by atoms with Gasteiger partial charge in [0.2, 0.25) is 0 Å². The van der Waals surface area contributed by atoms with Crippen LogP contribution in [0.3, 0.4) is 0 Å². The number of nitrogens with one attached hydrogen (secondary N) is 2. The topological polar surface area (TPSA) is 93.7 Å². The Morgan fingerprint density at radius 3 is 2.58 bits per heavy atom. The van der Waals surface area contributed by atoms with E-state index in [1.165, 1.54) is 18.2 Å². The summed E-state index contributed by atoms with van der Waals surface area (Å²) in [6.45, 7) is 9.09. The number of hydrogen-bond donors (Lipinski definition) is 3. The highest BCUT2D eigenvalue weighted by Gasteiger charge is 2.29. The molecule has 1 rings (SSSR count). The molecule has 0 bridgehead atoms. The van der Waals surface area contributed by atoms with Gasteiger partial charge < -0.3 is 19.7 Å². The van der Waals surface area contributed by atoms with E-state index in [2.05, 4.69) is 10.0 Å². The highest BCUT2D eigenvalue weighted by Crippen LogP contribution is 2.29. The van der Waals surface area contributed by atoms with Gasteiger partial charge in [0.15, 0.2) is 0 Å². The Hall–Kier alpha value is -1.51. The van der Waals surface area contributed by atoms with Crippen molar-refractivity contribution in [2.45, 2.75) is 51.5 Å². The highest BCUT2D eigenvalue weighted by atomic mass is 32.2. The first kappa shape index (κ1) is 20.5. The third kappa shape index (κ3) is 6.54. The van der Waals surface area contributed by atoms with Crippen molar-refractivity contribution in [1.82, 2.24) is 10.0 Å². The Bertz CT molecular complexity index is 565. The molecular weight excluding hydrogens is 335 g/mol. The van der Waals surface area contributed by atoms with Gasteiger partial charge in [-0.05, 0) is 52.8 Å². The lowest BCUT2D eigenvalue weighted by molar-refractivity contribution is 0.177. The standard InChI is InChI=1S/C16H25FN2O4S/c1-10(9-18-15(20)21)23-14-7-6-12(17)8-13(14)11(2)19-24(22)16(3,4)5/h6-8,10-11,18-19H,9H2,1-5H3,(H,20,21)/t10?,11?,24-/m0/s1. The van der Waals surface area contributed by atoms with Gasteiger partial charge in [-0.15, -0.1) is 4.72 Å². The molecule has 136 valence electrons. The Morgan fingerprint density at radius 1 is 1.42 bits per heavy atom. The maximum absolute atomic E-state index is 13.6. The zero-order chi connectivity index (χ0) is 18.5. The summed E-state index contributed by atoms with van der Waals surface area (Å²) in [5, 5.41) is 10.9. The molecule has 0 spiro atoms. The molecule has 2 unspecified atom stereocenters. The van der Waals surface area contributed by atoms with Gasteiger partial charge in [-0.25, -0.2) is 9.18 Å². The maximum Gasteiger partial charge on any atom is 0.404 e. The minimum atomic E-state index is -1.32. The lowest BCUT2D eigenvalue weighted by atomic mass is 10.1. The molecule has 0 saturated heterocycles. The summed E-state index contributed by atoms with van der Waals surface area (Å²) >= 11 is -1.32. The Kier molecular flexibility index (Phi) is 7.31. The number of rotatable bonds is 7. The quantitative estimate of drug-likeness (QED) is 0.650. The average molecular weight is 360 g/mol. The van der Waals surface area contributed by atoms with Crippen molar-refractivity contribution in [3.8, 4) is 5.75 Å². The summed E-state index contributed by atoms with van der Waals surface area (Å²) in [6.07, 6.45) is -1.58. The van der Waals surface area contributed by atoms with Gasteiger partial charge in [-0.2, -0.15) is 0 Å². The number of carboxylic acid groups (broad SMARTS) is 1. The highest BCUT2D eigenvalue weighted by molar-refractivity contribution is 7.90. The average Bonchev–Trinajstić information content (AvgIpc) is 2.45. The molecule has 8 heteroatoms. The van der Waals surface area contributed by atoms with Gasteiger partial charge >= 0.3 is 6.09 Å². The maximum atomic E-state index is 13.6. The van der Waals surface area contributed by atoms with E-state index in [-0.39, 0.29) is 6.54 Å². The van der Waals surface area contributed by atoms with Crippen LogP contribution in [0.25, 0.3) is 0 Å². The van der Waals surface area contributed by atoms with E-state index >= 15 is 0 Å². The molecule has 1 aromatic carbocycles. The second-order valence-corrected chi connectivity index (χ2v) is 8.52. The van der Waals surface area contributed by atoms with E-state index in [9.17, 15) is 13.7 Å². The van der Waals surface area contributed by atoms with Crippen LogP contribution in [0.15, 0.2) is 18.2 Å². The molecule has 1 aromatic rings. The van der Waals surface area contributed by atoms with Gasteiger partial charge in [0.1, 0.15) is 22.4 Å². The van der Waals surface area contributed by atoms with E-state index in [1.54, 1.807) is 13.8 Å². The van der Waals surface area contributed by atoms with Crippen LogP contribution in [0.4, 0.5) is 9.18 Å². The number of amides is 1. The van der Waals surface area contributed by atoms with Crippen LogP contribution in [-0.4, -0.2) is 33.1 Å². The first-order valence-corrected chi connectivity index (χ1v) is 8.76.